The molecule has 0 radical (unpaired) electrons. The first kappa shape index (κ1) is 19.2. The van der Waals surface area contributed by atoms with E-state index in [0.717, 1.165) is 22.3 Å². The molecule has 0 aliphatic carbocycles. The number of carbonyl (C=O) groups is 2. The van der Waals surface area contributed by atoms with Gasteiger partial charge in [-0.2, -0.15) is 0 Å². The molecule has 0 bridgehead atoms. The Hall–Kier alpha value is -3.14. The molecule has 4 nitrogen and oxygen atoms in total. The number of hydrogen-bond acceptors (Lipinski definition) is 4. The number of hydrogen-bond donors (Lipinski definition) is 0. The fourth-order valence-electron chi connectivity index (χ4n) is 2.34. The van der Waals surface area contributed by atoms with Crippen molar-refractivity contribution < 1.29 is 19.1 Å². The van der Waals surface area contributed by atoms with Crippen molar-refractivity contribution in [3.8, 4) is 22.6 Å². The predicted octanol–water partition coefficient (Wildman–Crippen LogP) is 4.93. The number of esters is 2. The quantitative estimate of drug-likeness (QED) is 0.436. The second-order valence-electron chi connectivity index (χ2n) is 6.30. The third kappa shape index (κ3) is 4.48. The van der Waals surface area contributed by atoms with E-state index in [0.29, 0.717) is 22.6 Å². The molecular weight excluding hydrogens is 328 g/mol. The zero-order chi connectivity index (χ0) is 19.4. The van der Waals surface area contributed by atoms with E-state index in [1.165, 1.54) is 0 Å². The Kier molecular flexibility index (Phi) is 5.78. The summed E-state index contributed by atoms with van der Waals surface area (Å²) in [5, 5.41) is 0. The maximum absolute atomic E-state index is 11.7. The van der Waals surface area contributed by atoms with Crippen LogP contribution in [0.3, 0.4) is 0 Å². The van der Waals surface area contributed by atoms with Crippen LogP contribution in [-0.2, 0) is 9.59 Å². The van der Waals surface area contributed by atoms with Gasteiger partial charge in [0.1, 0.15) is 11.5 Å². The van der Waals surface area contributed by atoms with Gasteiger partial charge < -0.3 is 9.47 Å². The van der Waals surface area contributed by atoms with Gasteiger partial charge in [0.25, 0.3) is 0 Å². The van der Waals surface area contributed by atoms with Crippen molar-refractivity contribution >= 4 is 11.9 Å². The van der Waals surface area contributed by atoms with Crippen LogP contribution in [0.2, 0.25) is 0 Å². The summed E-state index contributed by atoms with van der Waals surface area (Å²) in [6, 6.07) is 11.0. The Bertz CT molecular complexity index is 906. The van der Waals surface area contributed by atoms with Gasteiger partial charge in [0.05, 0.1) is 0 Å². The van der Waals surface area contributed by atoms with Crippen LogP contribution in [0.1, 0.15) is 25.0 Å². The van der Waals surface area contributed by atoms with Crippen LogP contribution < -0.4 is 9.47 Å². The summed E-state index contributed by atoms with van der Waals surface area (Å²) in [5.74, 6) is 0.0896. The fourth-order valence-corrected chi connectivity index (χ4v) is 2.34. The van der Waals surface area contributed by atoms with Crippen LogP contribution in [0.15, 0.2) is 60.7 Å². The molecular formula is C22H22O4. The second kappa shape index (κ2) is 7.83. The number of carbonyl (C=O) groups excluding carboxylic acids is 2. The summed E-state index contributed by atoms with van der Waals surface area (Å²) in [5.41, 5.74) is 4.48. The third-order valence-corrected chi connectivity index (χ3v) is 3.79. The number of aryl methyl sites for hydroxylation is 2. The first-order valence-electron chi connectivity index (χ1n) is 8.16. The largest absolute Gasteiger partial charge is 0.423 e. The molecule has 2 aromatic rings. The highest BCUT2D eigenvalue weighted by atomic mass is 16.5. The van der Waals surface area contributed by atoms with Gasteiger partial charge in [-0.25, -0.2) is 9.59 Å². The minimum Gasteiger partial charge on any atom is -0.423 e. The van der Waals surface area contributed by atoms with Crippen LogP contribution in [0.5, 0.6) is 11.5 Å². The monoisotopic (exact) mass is 350 g/mol. The highest BCUT2D eigenvalue weighted by molar-refractivity contribution is 5.89. The first-order valence-corrected chi connectivity index (χ1v) is 8.16. The summed E-state index contributed by atoms with van der Waals surface area (Å²) in [6.45, 7) is 14.2. The molecule has 0 aliphatic rings. The van der Waals surface area contributed by atoms with Gasteiger partial charge in [0, 0.05) is 11.1 Å². The van der Waals surface area contributed by atoms with Crippen LogP contribution in [-0.4, -0.2) is 11.9 Å². The van der Waals surface area contributed by atoms with Gasteiger partial charge in [-0.15, -0.1) is 0 Å². The second-order valence-corrected chi connectivity index (χ2v) is 6.30. The van der Waals surface area contributed by atoms with Gasteiger partial charge in [-0.1, -0.05) is 25.3 Å². The molecule has 2 aromatic carbocycles. The van der Waals surface area contributed by atoms with Crippen LogP contribution in [0.25, 0.3) is 11.1 Å². The molecule has 0 fully saturated rings. The summed E-state index contributed by atoms with van der Waals surface area (Å²) >= 11 is 0. The molecule has 2 rings (SSSR count). The molecule has 0 N–H and O–H groups in total. The predicted molar refractivity (Wildman–Crippen MR) is 102 cm³/mol. The third-order valence-electron chi connectivity index (χ3n) is 3.79. The van der Waals surface area contributed by atoms with Crippen molar-refractivity contribution in [2.75, 3.05) is 0 Å². The van der Waals surface area contributed by atoms with E-state index in [1.54, 1.807) is 32.0 Å². The Morgan fingerprint density at radius 1 is 0.808 bits per heavy atom. The fraction of sp³-hybridized carbons (Fsp3) is 0.182. The van der Waals surface area contributed by atoms with Crippen LogP contribution in [0.4, 0.5) is 0 Å². The number of benzene rings is 2. The summed E-state index contributed by atoms with van der Waals surface area (Å²) in [7, 11) is 0. The lowest BCUT2D eigenvalue weighted by molar-refractivity contribution is -0.131. The SMILES string of the molecule is C=C(C)C(=O)Oc1ccc(-c2ccc(OC(=O)C(=C)C)c(C)c2)c(C)c1. The molecule has 0 spiro atoms. The lowest BCUT2D eigenvalue weighted by Gasteiger charge is -2.12. The number of rotatable bonds is 5. The van der Waals surface area contributed by atoms with E-state index >= 15 is 0 Å². The molecule has 134 valence electrons. The average molecular weight is 350 g/mol. The maximum Gasteiger partial charge on any atom is 0.338 e. The Labute approximate surface area is 153 Å². The normalized spacial score (nSPS) is 10.2. The highest BCUT2D eigenvalue weighted by Gasteiger charge is 2.11. The lowest BCUT2D eigenvalue weighted by atomic mass is 9.98. The van der Waals surface area contributed by atoms with Crippen molar-refractivity contribution in [2.45, 2.75) is 27.7 Å². The topological polar surface area (TPSA) is 52.6 Å². The van der Waals surface area contributed by atoms with Crippen LogP contribution >= 0.6 is 0 Å². The van der Waals surface area contributed by atoms with Crippen molar-refractivity contribution in [1.82, 2.24) is 0 Å². The van der Waals surface area contributed by atoms with Gasteiger partial charge >= 0.3 is 11.9 Å². The minimum absolute atomic E-state index is 0.349. The van der Waals surface area contributed by atoms with Gasteiger partial charge in [-0.05, 0) is 74.2 Å². The molecule has 0 saturated carbocycles. The van der Waals surface area contributed by atoms with E-state index in [-0.39, 0.29) is 0 Å². The zero-order valence-corrected chi connectivity index (χ0v) is 15.5. The lowest BCUT2D eigenvalue weighted by Crippen LogP contribution is -2.09. The smallest absolute Gasteiger partial charge is 0.338 e. The molecule has 0 atom stereocenters. The first-order chi connectivity index (χ1) is 12.2. The molecule has 0 aromatic heterocycles. The van der Waals surface area contributed by atoms with Crippen molar-refractivity contribution in [1.29, 1.82) is 0 Å². The van der Waals surface area contributed by atoms with E-state index in [1.807, 2.05) is 32.0 Å². The molecule has 0 heterocycles. The van der Waals surface area contributed by atoms with Crippen molar-refractivity contribution in [2.24, 2.45) is 0 Å². The maximum atomic E-state index is 11.7. The summed E-state index contributed by atoms with van der Waals surface area (Å²) in [4.78, 5) is 23.3. The van der Waals surface area contributed by atoms with Gasteiger partial charge in [0.2, 0.25) is 0 Å². The van der Waals surface area contributed by atoms with E-state index < -0.39 is 11.9 Å². The van der Waals surface area contributed by atoms with Gasteiger partial charge in [-0.3, -0.25) is 0 Å². The zero-order valence-electron chi connectivity index (χ0n) is 15.5. The molecule has 4 heteroatoms. The van der Waals surface area contributed by atoms with E-state index in [2.05, 4.69) is 13.2 Å². The highest BCUT2D eigenvalue weighted by Crippen LogP contribution is 2.31. The Morgan fingerprint density at radius 2 is 1.42 bits per heavy atom. The average Bonchev–Trinajstić information content (AvgIpc) is 2.56. The van der Waals surface area contributed by atoms with Crippen LogP contribution in [0, 0.1) is 13.8 Å². The van der Waals surface area contributed by atoms with E-state index in [4.69, 9.17) is 9.47 Å². The van der Waals surface area contributed by atoms with Gasteiger partial charge in [0.15, 0.2) is 0 Å². The Morgan fingerprint density at radius 3 is 1.96 bits per heavy atom. The van der Waals surface area contributed by atoms with Crippen molar-refractivity contribution in [3.05, 3.63) is 71.8 Å². The number of ether oxygens (including phenoxy) is 2. The molecule has 26 heavy (non-hydrogen) atoms. The minimum atomic E-state index is -0.448. The van der Waals surface area contributed by atoms with Crippen molar-refractivity contribution in [3.63, 3.8) is 0 Å². The summed E-state index contributed by atoms with van der Waals surface area (Å²) < 4.78 is 10.6. The molecule has 0 aliphatic heterocycles. The molecule has 0 unspecified atom stereocenters. The molecule has 0 amide bonds. The standard InChI is InChI=1S/C22H22O4/c1-13(2)21(23)25-18-8-9-19(15(5)12-18)17-7-10-20(16(6)11-17)26-22(24)14(3)4/h7-12H,1,3H2,2,4-6H3. The summed E-state index contributed by atoms with van der Waals surface area (Å²) in [6.07, 6.45) is 0. The van der Waals surface area contributed by atoms with E-state index in [9.17, 15) is 9.59 Å². The Balaban J connectivity index is 2.27. The molecule has 0 saturated heterocycles.